The summed E-state index contributed by atoms with van der Waals surface area (Å²) in [7, 11) is -2.29. The second-order valence-electron chi connectivity index (χ2n) is 10.7. The maximum absolute atomic E-state index is 13.7. The van der Waals surface area contributed by atoms with Crippen molar-refractivity contribution < 1.29 is 27.9 Å². The van der Waals surface area contributed by atoms with Crippen molar-refractivity contribution in [2.45, 2.75) is 30.2 Å². The van der Waals surface area contributed by atoms with Gasteiger partial charge in [-0.1, -0.05) is 55.5 Å². The summed E-state index contributed by atoms with van der Waals surface area (Å²) in [6.45, 7) is 3.79. The largest absolute Gasteiger partial charge is 0.485 e. The molecule has 0 radical (unpaired) electrons. The number of nitrogens with zero attached hydrogens (tertiary/aromatic N) is 2. The number of aliphatic hydroxyl groups excluding tert-OH is 1. The molecule has 1 aromatic heterocycles. The molecule has 43 heavy (non-hydrogen) atoms. The van der Waals surface area contributed by atoms with Crippen LogP contribution in [-0.2, 0) is 10.0 Å². The number of thiophene rings is 1. The third kappa shape index (κ3) is 6.46. The average molecular weight is 623 g/mol. The Hall–Kier alpha value is -4.13. The molecule has 0 unspecified atom stereocenters. The van der Waals surface area contributed by atoms with Gasteiger partial charge in [0, 0.05) is 24.9 Å². The van der Waals surface area contributed by atoms with Gasteiger partial charge in [-0.15, -0.1) is 11.3 Å². The molecule has 12 heteroatoms. The highest BCUT2D eigenvalue weighted by Gasteiger charge is 2.35. The number of para-hydroxylation sites is 1. The Kier molecular flexibility index (Phi) is 8.90. The highest BCUT2D eigenvalue weighted by atomic mass is 32.2. The molecule has 0 saturated heterocycles. The van der Waals surface area contributed by atoms with Gasteiger partial charge in [0.15, 0.2) is 5.75 Å². The summed E-state index contributed by atoms with van der Waals surface area (Å²) in [5, 5.41) is 16.5. The highest BCUT2D eigenvalue weighted by Crippen LogP contribution is 2.36. The Morgan fingerprint density at radius 1 is 1.09 bits per heavy atom. The molecule has 3 N–H and O–H groups in total. The first-order valence-corrected chi connectivity index (χ1v) is 16.2. The predicted octanol–water partition coefficient (Wildman–Crippen LogP) is 5.09. The third-order valence-corrected chi connectivity index (χ3v) is 10.3. The summed E-state index contributed by atoms with van der Waals surface area (Å²) in [4.78, 5) is 30.1. The normalized spacial score (nSPS) is 17.8. The number of nitrogens with one attached hydrogen (secondary N) is 2. The molecule has 0 saturated carbocycles. The summed E-state index contributed by atoms with van der Waals surface area (Å²) in [6, 6.07) is 20.4. The smallest absolute Gasteiger partial charge is 0.321 e. The van der Waals surface area contributed by atoms with E-state index in [0.29, 0.717) is 5.69 Å². The van der Waals surface area contributed by atoms with Gasteiger partial charge in [0.25, 0.3) is 15.9 Å². The van der Waals surface area contributed by atoms with Gasteiger partial charge in [0.05, 0.1) is 36.1 Å². The van der Waals surface area contributed by atoms with Crippen molar-refractivity contribution in [1.29, 1.82) is 0 Å². The first-order valence-electron chi connectivity index (χ1n) is 13.9. The van der Waals surface area contributed by atoms with Gasteiger partial charge in [-0.25, -0.2) is 13.2 Å². The van der Waals surface area contributed by atoms with Gasteiger partial charge in [0.2, 0.25) is 0 Å². The third-order valence-electron chi connectivity index (χ3n) is 7.53. The van der Waals surface area contributed by atoms with Gasteiger partial charge >= 0.3 is 6.03 Å². The molecular weight excluding hydrogens is 588 g/mol. The zero-order valence-corrected chi connectivity index (χ0v) is 25.7. The molecule has 0 aliphatic carbocycles. The highest BCUT2D eigenvalue weighted by molar-refractivity contribution is 7.94. The first-order chi connectivity index (χ1) is 20.6. The van der Waals surface area contributed by atoms with E-state index in [9.17, 15) is 23.1 Å². The summed E-state index contributed by atoms with van der Waals surface area (Å²) < 4.78 is 35.4. The molecule has 3 atom stereocenters. The van der Waals surface area contributed by atoms with Crippen LogP contribution >= 0.6 is 11.3 Å². The topological polar surface area (TPSA) is 128 Å². The van der Waals surface area contributed by atoms with E-state index in [1.807, 2.05) is 49.4 Å². The quantitative estimate of drug-likeness (QED) is 0.251. The molecule has 0 bridgehead atoms. The number of urea groups is 1. The fourth-order valence-corrected chi connectivity index (χ4v) is 7.11. The van der Waals surface area contributed by atoms with Gasteiger partial charge in [-0.3, -0.25) is 9.52 Å². The van der Waals surface area contributed by atoms with Crippen molar-refractivity contribution in [3.8, 4) is 5.75 Å². The number of likely N-dealkylation sites (N-methyl/N-ethyl adjacent to an activating group) is 1. The average Bonchev–Trinajstić information content (AvgIpc) is 3.55. The lowest BCUT2D eigenvalue weighted by Gasteiger charge is -2.38. The van der Waals surface area contributed by atoms with E-state index in [4.69, 9.17) is 4.74 Å². The zero-order valence-electron chi connectivity index (χ0n) is 24.1. The number of ether oxygens (including phenoxy) is 1. The Balaban J connectivity index is 1.46. The van der Waals surface area contributed by atoms with E-state index < -0.39 is 22.2 Å². The van der Waals surface area contributed by atoms with Crippen LogP contribution in [0.15, 0.2) is 82.4 Å². The van der Waals surface area contributed by atoms with Gasteiger partial charge in [-0.05, 0) is 42.0 Å². The van der Waals surface area contributed by atoms with Gasteiger partial charge in [-0.2, -0.15) is 0 Å². The molecule has 3 amide bonds. The number of anilines is 2. The fraction of sp³-hybridized carbons (Fsp3) is 0.290. The number of fused-ring (bicyclic) bond motifs is 2. The second-order valence-corrected chi connectivity index (χ2v) is 13.5. The number of carbonyl (C=O) groups excluding carboxylic acids is 2. The zero-order chi connectivity index (χ0) is 30.7. The number of hydrogen-bond acceptors (Lipinski definition) is 7. The molecule has 0 spiro atoms. The van der Waals surface area contributed by atoms with Gasteiger partial charge < -0.3 is 25.0 Å². The molecule has 1 aliphatic heterocycles. The van der Waals surface area contributed by atoms with E-state index >= 15 is 0 Å². The SMILES string of the molecule is C[C@H](CO)N1C[C@H](C)[C@H](CN(C)C(=O)Nc2cccc3ccccc23)Oc2c(NS(=O)(=O)c3cccs3)cccc2C1=O. The summed E-state index contributed by atoms with van der Waals surface area (Å²) in [6.07, 6.45) is -0.629. The molecule has 0 fully saturated rings. The van der Waals surface area contributed by atoms with Crippen molar-refractivity contribution in [3.05, 3.63) is 83.7 Å². The lowest BCUT2D eigenvalue weighted by Crippen LogP contribution is -2.50. The van der Waals surface area contributed by atoms with Crippen LogP contribution in [0.3, 0.4) is 0 Å². The summed E-state index contributed by atoms with van der Waals surface area (Å²) >= 11 is 1.07. The van der Waals surface area contributed by atoms with Crippen LogP contribution in [0, 0.1) is 5.92 Å². The van der Waals surface area contributed by atoms with Gasteiger partial charge in [0.1, 0.15) is 10.3 Å². The molecule has 10 nitrogen and oxygen atoms in total. The minimum atomic E-state index is -3.95. The first kappa shape index (κ1) is 30.3. The monoisotopic (exact) mass is 622 g/mol. The molecule has 1 aliphatic rings. The fourth-order valence-electron chi connectivity index (χ4n) is 5.05. The maximum Gasteiger partial charge on any atom is 0.321 e. The minimum Gasteiger partial charge on any atom is -0.485 e. The van der Waals surface area contributed by atoms with Crippen LogP contribution in [-0.4, -0.2) is 74.2 Å². The molecule has 5 rings (SSSR count). The second kappa shape index (κ2) is 12.6. The number of sulfonamides is 1. The number of hydrogen-bond donors (Lipinski definition) is 3. The van der Waals surface area contributed by atoms with E-state index in [1.54, 1.807) is 42.5 Å². The van der Waals surface area contributed by atoms with E-state index in [1.165, 1.54) is 17.0 Å². The van der Waals surface area contributed by atoms with Crippen LogP contribution in [0.5, 0.6) is 5.75 Å². The number of benzene rings is 3. The van der Waals surface area contributed by atoms with Crippen LogP contribution in [0.25, 0.3) is 10.8 Å². The standard InChI is InChI=1S/C31H34N4O6S2/c1-20-17-35(21(2)19-36)30(37)24-12-7-14-26(33-43(39,40)28-15-8-16-42-28)29(24)41-27(20)18-34(3)31(38)32-25-13-6-10-22-9-4-5-11-23(22)25/h4-16,20-21,27,33,36H,17-19H2,1-3H3,(H,32,38)/t20-,21+,27-/m0/s1. The Labute approximate surface area is 254 Å². The molecule has 4 aromatic rings. The summed E-state index contributed by atoms with van der Waals surface area (Å²) in [5.41, 5.74) is 0.940. The predicted molar refractivity (Wildman–Crippen MR) is 168 cm³/mol. The molecule has 3 aromatic carbocycles. The Bertz CT molecular complexity index is 1720. The summed E-state index contributed by atoms with van der Waals surface area (Å²) in [5.74, 6) is -0.607. The van der Waals surface area contributed by atoms with Crippen molar-refractivity contribution in [1.82, 2.24) is 9.80 Å². The number of amides is 3. The number of rotatable bonds is 8. The Morgan fingerprint density at radius 2 is 1.81 bits per heavy atom. The van der Waals surface area contributed by atoms with E-state index in [0.717, 1.165) is 22.1 Å². The van der Waals surface area contributed by atoms with E-state index in [2.05, 4.69) is 10.0 Å². The van der Waals surface area contributed by atoms with Crippen LogP contribution in [0.4, 0.5) is 16.2 Å². The molecule has 226 valence electrons. The van der Waals surface area contributed by atoms with Crippen molar-refractivity contribution >= 4 is 55.4 Å². The molecule has 2 heterocycles. The van der Waals surface area contributed by atoms with Crippen LogP contribution in [0.1, 0.15) is 24.2 Å². The van der Waals surface area contributed by atoms with E-state index in [-0.39, 0.29) is 58.8 Å². The van der Waals surface area contributed by atoms with Crippen molar-refractivity contribution in [2.75, 3.05) is 36.8 Å². The lowest BCUT2D eigenvalue weighted by molar-refractivity contribution is 0.0373. The number of carbonyl (C=O) groups is 2. The number of aliphatic hydroxyl groups is 1. The van der Waals surface area contributed by atoms with Crippen molar-refractivity contribution in [3.63, 3.8) is 0 Å². The lowest BCUT2D eigenvalue weighted by atomic mass is 9.99. The van der Waals surface area contributed by atoms with Crippen LogP contribution < -0.4 is 14.8 Å². The van der Waals surface area contributed by atoms with Crippen LogP contribution in [0.2, 0.25) is 0 Å². The Morgan fingerprint density at radius 3 is 2.56 bits per heavy atom. The maximum atomic E-state index is 13.7. The minimum absolute atomic E-state index is 0.0715. The van der Waals surface area contributed by atoms with Crippen molar-refractivity contribution in [2.24, 2.45) is 5.92 Å². The molecular formula is C31H34N4O6S2.